The lowest BCUT2D eigenvalue weighted by Crippen LogP contribution is -2.32. The van der Waals surface area contributed by atoms with E-state index in [9.17, 15) is 13.2 Å². The molecule has 2 aromatic rings. The van der Waals surface area contributed by atoms with Gasteiger partial charge in [0.25, 0.3) is 0 Å². The number of anilines is 1. The Kier molecular flexibility index (Phi) is 6.62. The van der Waals surface area contributed by atoms with Crippen LogP contribution in [0.2, 0.25) is 0 Å². The number of carbonyl (C=O) groups is 1. The maximum atomic E-state index is 12.3. The lowest BCUT2D eigenvalue weighted by atomic mass is 10.3. The third kappa shape index (κ3) is 5.31. The van der Waals surface area contributed by atoms with E-state index in [-0.39, 0.29) is 17.2 Å². The van der Waals surface area contributed by atoms with Crippen molar-refractivity contribution in [3.05, 3.63) is 46.0 Å². The van der Waals surface area contributed by atoms with Gasteiger partial charge in [-0.15, -0.1) is 0 Å². The summed E-state index contributed by atoms with van der Waals surface area (Å²) in [6.45, 7) is -0.386. The molecule has 0 heterocycles. The van der Waals surface area contributed by atoms with Gasteiger partial charge in [-0.3, -0.25) is 4.79 Å². The van der Waals surface area contributed by atoms with Crippen molar-refractivity contribution in [3.8, 4) is 11.5 Å². The average Bonchev–Trinajstić information content (AvgIpc) is 2.61. The topological polar surface area (TPSA) is 93.7 Å². The second-order valence-electron chi connectivity index (χ2n) is 4.90. The van der Waals surface area contributed by atoms with Crippen molar-refractivity contribution in [2.75, 3.05) is 26.1 Å². The van der Waals surface area contributed by atoms with E-state index in [1.54, 1.807) is 12.1 Å². The standard InChI is InChI=1S/C16H17IN2O5S/c1-23-14-8-7-13(9-15(14)24-2)25(21,22)18-10-16(20)19-12-5-3-11(17)4-6-12/h3-9,18H,10H2,1-2H3,(H,19,20). The first-order valence-electron chi connectivity index (χ1n) is 7.13. The highest BCUT2D eigenvalue weighted by atomic mass is 127. The van der Waals surface area contributed by atoms with Gasteiger partial charge in [0.05, 0.1) is 25.7 Å². The molecule has 0 fully saturated rings. The van der Waals surface area contributed by atoms with Gasteiger partial charge in [-0.2, -0.15) is 0 Å². The quantitative estimate of drug-likeness (QED) is 0.598. The Labute approximate surface area is 159 Å². The summed E-state index contributed by atoms with van der Waals surface area (Å²) in [7, 11) is -0.989. The summed E-state index contributed by atoms with van der Waals surface area (Å²) in [6.07, 6.45) is 0. The Morgan fingerprint density at radius 3 is 2.28 bits per heavy atom. The highest BCUT2D eigenvalue weighted by Crippen LogP contribution is 2.29. The Hall–Kier alpha value is -1.85. The van der Waals surface area contributed by atoms with E-state index in [4.69, 9.17) is 9.47 Å². The second-order valence-corrected chi connectivity index (χ2v) is 7.91. The molecule has 0 saturated heterocycles. The van der Waals surface area contributed by atoms with Crippen LogP contribution in [-0.2, 0) is 14.8 Å². The van der Waals surface area contributed by atoms with Gasteiger partial charge in [-0.05, 0) is 59.0 Å². The molecule has 25 heavy (non-hydrogen) atoms. The van der Waals surface area contributed by atoms with Gasteiger partial charge in [-0.1, -0.05) is 0 Å². The van der Waals surface area contributed by atoms with Crippen LogP contribution >= 0.6 is 22.6 Å². The summed E-state index contributed by atoms with van der Waals surface area (Å²) in [6, 6.07) is 11.3. The predicted octanol–water partition coefficient (Wildman–Crippen LogP) is 2.23. The minimum absolute atomic E-state index is 0.0211. The number of benzene rings is 2. The van der Waals surface area contributed by atoms with Crippen LogP contribution in [0.25, 0.3) is 0 Å². The van der Waals surface area contributed by atoms with Gasteiger partial charge < -0.3 is 14.8 Å². The van der Waals surface area contributed by atoms with Crippen molar-refractivity contribution in [2.24, 2.45) is 0 Å². The number of hydrogen-bond donors (Lipinski definition) is 2. The molecule has 0 aliphatic carbocycles. The fourth-order valence-corrected chi connectivity index (χ4v) is 3.32. The Morgan fingerprint density at radius 1 is 1.04 bits per heavy atom. The summed E-state index contributed by atoms with van der Waals surface area (Å²) in [5.41, 5.74) is 0.593. The summed E-state index contributed by atoms with van der Waals surface area (Å²) in [5, 5.41) is 2.62. The van der Waals surface area contributed by atoms with E-state index in [1.165, 1.54) is 32.4 Å². The molecule has 0 atom stereocenters. The van der Waals surface area contributed by atoms with E-state index in [0.717, 1.165) is 3.57 Å². The van der Waals surface area contributed by atoms with Gasteiger partial charge in [0.1, 0.15) is 0 Å². The Morgan fingerprint density at radius 2 is 1.68 bits per heavy atom. The molecule has 0 aromatic heterocycles. The number of carbonyl (C=O) groups excluding carboxylic acids is 1. The van der Waals surface area contributed by atoms with Crippen LogP contribution in [0.3, 0.4) is 0 Å². The number of hydrogen-bond acceptors (Lipinski definition) is 5. The van der Waals surface area contributed by atoms with E-state index in [0.29, 0.717) is 11.4 Å². The number of nitrogens with one attached hydrogen (secondary N) is 2. The van der Waals surface area contributed by atoms with Crippen LogP contribution in [-0.4, -0.2) is 35.1 Å². The van der Waals surface area contributed by atoms with Gasteiger partial charge in [0.15, 0.2) is 11.5 Å². The fourth-order valence-electron chi connectivity index (χ4n) is 1.97. The van der Waals surface area contributed by atoms with Crippen molar-refractivity contribution in [3.63, 3.8) is 0 Å². The zero-order valence-corrected chi connectivity index (χ0v) is 16.6. The Bertz CT molecular complexity index is 853. The zero-order valence-electron chi connectivity index (χ0n) is 13.6. The maximum Gasteiger partial charge on any atom is 0.241 e. The number of amides is 1. The van der Waals surface area contributed by atoms with Crippen LogP contribution in [0.5, 0.6) is 11.5 Å². The number of sulfonamides is 1. The monoisotopic (exact) mass is 476 g/mol. The first-order chi connectivity index (χ1) is 11.9. The molecule has 134 valence electrons. The normalized spacial score (nSPS) is 11.0. The predicted molar refractivity (Wildman–Crippen MR) is 103 cm³/mol. The minimum atomic E-state index is -3.86. The van der Waals surface area contributed by atoms with Gasteiger partial charge in [0, 0.05) is 15.3 Å². The molecule has 7 nitrogen and oxygen atoms in total. The van der Waals surface area contributed by atoms with Crippen LogP contribution < -0.4 is 19.5 Å². The summed E-state index contributed by atoms with van der Waals surface area (Å²) in [4.78, 5) is 11.9. The first kappa shape index (κ1) is 19.5. The van der Waals surface area contributed by atoms with Gasteiger partial charge in [-0.25, -0.2) is 13.1 Å². The third-order valence-corrected chi connectivity index (χ3v) is 5.33. The lowest BCUT2D eigenvalue weighted by Gasteiger charge is -2.11. The summed E-state index contributed by atoms with van der Waals surface area (Å²) < 4.78 is 38.1. The van der Waals surface area contributed by atoms with Crippen LogP contribution in [0.4, 0.5) is 5.69 Å². The molecule has 2 aromatic carbocycles. The molecule has 0 saturated carbocycles. The molecular weight excluding hydrogens is 459 g/mol. The van der Waals surface area contributed by atoms with E-state index in [1.807, 2.05) is 12.1 Å². The maximum absolute atomic E-state index is 12.3. The number of rotatable bonds is 7. The van der Waals surface area contributed by atoms with Crippen molar-refractivity contribution in [1.29, 1.82) is 0 Å². The Balaban J connectivity index is 2.03. The van der Waals surface area contributed by atoms with Crippen LogP contribution in [0.15, 0.2) is 47.4 Å². The smallest absolute Gasteiger partial charge is 0.241 e. The second kappa shape index (κ2) is 8.50. The number of methoxy groups -OCH3 is 2. The molecule has 0 aliphatic rings. The summed E-state index contributed by atoms with van der Waals surface area (Å²) >= 11 is 2.15. The lowest BCUT2D eigenvalue weighted by molar-refractivity contribution is -0.115. The van der Waals surface area contributed by atoms with Crippen molar-refractivity contribution in [1.82, 2.24) is 4.72 Å². The number of ether oxygens (including phenoxy) is 2. The number of halogens is 1. The SMILES string of the molecule is COc1ccc(S(=O)(=O)NCC(=O)Nc2ccc(I)cc2)cc1OC. The summed E-state index contributed by atoms with van der Waals surface area (Å²) in [5.74, 6) is 0.233. The van der Waals surface area contributed by atoms with Crippen molar-refractivity contribution >= 4 is 44.2 Å². The molecule has 9 heteroatoms. The minimum Gasteiger partial charge on any atom is -0.493 e. The van der Waals surface area contributed by atoms with Gasteiger partial charge >= 0.3 is 0 Å². The van der Waals surface area contributed by atoms with Crippen molar-refractivity contribution in [2.45, 2.75) is 4.90 Å². The average molecular weight is 476 g/mol. The largest absolute Gasteiger partial charge is 0.493 e. The molecule has 0 unspecified atom stereocenters. The van der Waals surface area contributed by atoms with Crippen LogP contribution in [0.1, 0.15) is 0 Å². The third-order valence-electron chi connectivity index (χ3n) is 3.22. The molecule has 2 N–H and O–H groups in total. The molecule has 0 spiro atoms. The molecule has 0 aliphatic heterocycles. The first-order valence-corrected chi connectivity index (χ1v) is 9.69. The highest BCUT2D eigenvalue weighted by Gasteiger charge is 2.18. The molecule has 0 bridgehead atoms. The van der Waals surface area contributed by atoms with E-state index >= 15 is 0 Å². The molecule has 2 rings (SSSR count). The molecule has 0 radical (unpaired) electrons. The van der Waals surface area contributed by atoms with E-state index < -0.39 is 15.9 Å². The molecular formula is C16H17IN2O5S. The molecule has 1 amide bonds. The van der Waals surface area contributed by atoms with Crippen molar-refractivity contribution < 1.29 is 22.7 Å². The fraction of sp³-hybridized carbons (Fsp3) is 0.188. The van der Waals surface area contributed by atoms with E-state index in [2.05, 4.69) is 32.6 Å². The van der Waals surface area contributed by atoms with Gasteiger partial charge in [0.2, 0.25) is 15.9 Å². The zero-order chi connectivity index (χ0) is 18.4. The highest BCUT2D eigenvalue weighted by molar-refractivity contribution is 14.1. The van der Waals surface area contributed by atoms with Crippen LogP contribution in [0, 0.1) is 3.57 Å².